The molecule has 3 nitrogen and oxygen atoms in total. The quantitative estimate of drug-likeness (QED) is 0.437. The third-order valence-corrected chi connectivity index (χ3v) is 5.21. The highest BCUT2D eigenvalue weighted by Crippen LogP contribution is 2.37. The van der Waals surface area contributed by atoms with Gasteiger partial charge >= 0.3 is 6.18 Å². The van der Waals surface area contributed by atoms with E-state index in [2.05, 4.69) is 47.4 Å². The molecule has 3 aromatic carbocycles. The first kappa shape index (κ1) is 28.1. The van der Waals surface area contributed by atoms with Crippen LogP contribution in [0.25, 0.3) is 22.3 Å². The molecular weight excluding hydrogens is 483 g/mol. The Morgan fingerprint density at radius 2 is 0.868 bits per heavy atom. The highest BCUT2D eigenvalue weighted by Gasteiger charge is 2.31. The molecule has 3 aromatic rings. The van der Waals surface area contributed by atoms with Crippen LogP contribution in [-0.2, 0) is 6.18 Å². The topological polar surface area (TPSA) is 78.1 Å². The zero-order valence-corrected chi connectivity index (χ0v) is 20.9. The molecule has 0 heterocycles. The van der Waals surface area contributed by atoms with Gasteiger partial charge < -0.3 is 17.2 Å². The number of hydrogen-bond acceptors (Lipinski definition) is 3. The molecule has 3 rings (SSSR count). The maximum atomic E-state index is 14.0. The largest absolute Gasteiger partial charge is 0.416 e. The molecule has 0 aliphatic rings. The van der Waals surface area contributed by atoms with E-state index >= 15 is 0 Å². The Morgan fingerprint density at radius 3 is 1.18 bits per heavy atom. The fourth-order valence-corrected chi connectivity index (χ4v) is 3.65. The van der Waals surface area contributed by atoms with Gasteiger partial charge in [-0.15, -0.1) is 0 Å². The van der Waals surface area contributed by atoms with E-state index in [0.717, 1.165) is 12.1 Å². The molecule has 0 saturated carbocycles. The summed E-state index contributed by atoms with van der Waals surface area (Å²) in [6.07, 6.45) is -3.92. The Hall–Kier alpha value is -4.43. The summed E-state index contributed by atoms with van der Waals surface area (Å²) < 4.78 is 42.1. The lowest BCUT2D eigenvalue weighted by atomic mass is 9.92. The molecule has 0 aliphatic heterocycles. The van der Waals surface area contributed by atoms with Crippen LogP contribution < -0.4 is 17.2 Å². The molecule has 0 atom stereocenters. The lowest BCUT2D eigenvalue weighted by Gasteiger charge is -2.14. The maximum absolute atomic E-state index is 14.0. The predicted octanol–water partition coefficient (Wildman–Crippen LogP) is 4.73. The molecule has 0 saturated heterocycles. The van der Waals surface area contributed by atoms with E-state index in [-0.39, 0.29) is 19.6 Å². The molecule has 0 radical (unpaired) electrons. The second-order valence-corrected chi connectivity index (χ2v) is 8.07. The fraction of sp³-hybridized carbons (Fsp3) is 0.188. The molecule has 190 valence electrons. The van der Waals surface area contributed by atoms with Gasteiger partial charge in [-0.2, -0.15) is 13.2 Å². The average molecular weight is 510 g/mol. The molecule has 0 aromatic heterocycles. The van der Waals surface area contributed by atoms with Crippen molar-refractivity contribution in [1.29, 1.82) is 0 Å². The second kappa shape index (κ2) is 13.2. The van der Waals surface area contributed by atoms with Gasteiger partial charge in [0.25, 0.3) is 0 Å². The van der Waals surface area contributed by atoms with Crippen molar-refractivity contribution in [2.45, 2.75) is 19.5 Å². The van der Waals surface area contributed by atoms with Crippen LogP contribution in [0.4, 0.5) is 13.2 Å². The monoisotopic (exact) mass is 509 g/mol. The van der Waals surface area contributed by atoms with E-state index in [0.29, 0.717) is 50.9 Å². The van der Waals surface area contributed by atoms with Crippen LogP contribution in [-0.4, -0.2) is 19.6 Å². The van der Waals surface area contributed by atoms with E-state index in [4.69, 9.17) is 17.2 Å². The minimum Gasteiger partial charge on any atom is -0.320 e. The van der Waals surface area contributed by atoms with Crippen molar-refractivity contribution in [3.05, 3.63) is 82.4 Å². The van der Waals surface area contributed by atoms with Crippen LogP contribution in [0.3, 0.4) is 0 Å². The van der Waals surface area contributed by atoms with Gasteiger partial charge in [-0.25, -0.2) is 0 Å². The van der Waals surface area contributed by atoms with Crippen LogP contribution in [0, 0.1) is 47.4 Å². The molecule has 0 unspecified atom stereocenters. The summed E-state index contributed by atoms with van der Waals surface area (Å²) in [5, 5.41) is 0. The molecule has 0 amide bonds. The SMILES string of the molecule is CCC#Cc1cc(C#CCN)cc(-c2cc(-c3cc(C#CCN)cc(C#CCN)c3)cc(C(F)(F)F)c2)c1. The van der Waals surface area contributed by atoms with Crippen molar-refractivity contribution in [2.24, 2.45) is 17.2 Å². The van der Waals surface area contributed by atoms with Crippen LogP contribution in [0.15, 0.2) is 54.6 Å². The summed E-state index contributed by atoms with van der Waals surface area (Å²) in [6, 6.07) is 14.4. The van der Waals surface area contributed by atoms with Crippen molar-refractivity contribution < 1.29 is 13.2 Å². The number of hydrogen-bond donors (Lipinski definition) is 3. The Balaban J connectivity index is 2.30. The number of halogens is 3. The van der Waals surface area contributed by atoms with E-state index in [9.17, 15) is 13.2 Å². The van der Waals surface area contributed by atoms with Gasteiger partial charge in [0.2, 0.25) is 0 Å². The molecule has 0 fully saturated rings. The highest BCUT2D eigenvalue weighted by molar-refractivity contribution is 5.77. The molecular formula is C32H26F3N3. The van der Waals surface area contributed by atoms with Crippen molar-refractivity contribution in [2.75, 3.05) is 19.6 Å². The molecule has 0 aliphatic carbocycles. The van der Waals surface area contributed by atoms with Crippen LogP contribution in [0.5, 0.6) is 0 Å². The number of alkyl halides is 3. The maximum Gasteiger partial charge on any atom is 0.416 e. The van der Waals surface area contributed by atoms with Crippen molar-refractivity contribution in [3.63, 3.8) is 0 Å². The summed E-state index contributed by atoms with van der Waals surface area (Å²) in [6.45, 7) is 2.37. The van der Waals surface area contributed by atoms with Gasteiger partial charge in [0.15, 0.2) is 0 Å². The molecule has 0 spiro atoms. The molecule has 0 bridgehead atoms. The lowest BCUT2D eigenvalue weighted by Crippen LogP contribution is -2.05. The van der Waals surface area contributed by atoms with Gasteiger partial charge in [-0.3, -0.25) is 0 Å². The first-order valence-electron chi connectivity index (χ1n) is 11.9. The minimum atomic E-state index is -4.56. The second-order valence-electron chi connectivity index (χ2n) is 8.07. The normalized spacial score (nSPS) is 10.1. The number of nitrogens with two attached hydrogens (primary N) is 3. The van der Waals surface area contributed by atoms with Crippen molar-refractivity contribution in [3.8, 4) is 69.6 Å². The average Bonchev–Trinajstić information content (AvgIpc) is 2.91. The minimum absolute atomic E-state index is 0.147. The zero-order valence-electron chi connectivity index (χ0n) is 20.9. The van der Waals surface area contributed by atoms with E-state index in [1.165, 1.54) is 0 Å². The Kier molecular flexibility index (Phi) is 9.79. The zero-order chi connectivity index (χ0) is 27.5. The molecule has 38 heavy (non-hydrogen) atoms. The third kappa shape index (κ3) is 7.78. The molecule has 6 N–H and O–H groups in total. The number of rotatable bonds is 2. The summed E-state index contributed by atoms with van der Waals surface area (Å²) in [4.78, 5) is 0. The van der Waals surface area contributed by atoms with Gasteiger partial charge in [-0.1, -0.05) is 54.3 Å². The Morgan fingerprint density at radius 1 is 0.526 bits per heavy atom. The van der Waals surface area contributed by atoms with Crippen LogP contribution in [0.2, 0.25) is 0 Å². The third-order valence-electron chi connectivity index (χ3n) is 5.21. The van der Waals surface area contributed by atoms with Crippen molar-refractivity contribution in [1.82, 2.24) is 0 Å². The van der Waals surface area contributed by atoms with Gasteiger partial charge in [-0.05, 0) is 76.9 Å². The van der Waals surface area contributed by atoms with E-state index in [1.54, 1.807) is 42.5 Å². The number of benzene rings is 3. The van der Waals surface area contributed by atoms with Gasteiger partial charge in [0.05, 0.1) is 25.2 Å². The van der Waals surface area contributed by atoms with E-state index < -0.39 is 11.7 Å². The summed E-state index contributed by atoms with van der Waals surface area (Å²) in [5.74, 6) is 23.2. The summed E-state index contributed by atoms with van der Waals surface area (Å²) >= 11 is 0. The molecule has 6 heteroatoms. The van der Waals surface area contributed by atoms with E-state index in [1.807, 2.05) is 6.92 Å². The van der Waals surface area contributed by atoms with Gasteiger partial charge in [0, 0.05) is 28.7 Å². The standard InChI is InChI=1S/C32H26F3N3/c1-2-3-7-23-14-24(8-4-11-36)17-27(16-23)29-20-30(22-31(21-29)32(33,34)35)28-18-25(9-5-12-37)15-26(19-28)10-6-13-38/h14-22H,2,11-13,36-38H2,1H3. The van der Waals surface area contributed by atoms with Crippen molar-refractivity contribution >= 4 is 0 Å². The van der Waals surface area contributed by atoms with Gasteiger partial charge in [0.1, 0.15) is 0 Å². The summed E-state index contributed by atoms with van der Waals surface area (Å²) in [5.41, 5.74) is 20.0. The smallest absolute Gasteiger partial charge is 0.320 e. The first-order valence-corrected chi connectivity index (χ1v) is 11.9. The highest BCUT2D eigenvalue weighted by atomic mass is 19.4. The van der Waals surface area contributed by atoms with Crippen LogP contribution in [0.1, 0.15) is 41.2 Å². The predicted molar refractivity (Wildman–Crippen MR) is 147 cm³/mol. The Labute approximate surface area is 221 Å². The van der Waals surface area contributed by atoms with Crippen LogP contribution >= 0.6 is 0 Å². The first-order chi connectivity index (χ1) is 18.3. The lowest BCUT2D eigenvalue weighted by molar-refractivity contribution is -0.137. The fourth-order valence-electron chi connectivity index (χ4n) is 3.65. The summed E-state index contributed by atoms with van der Waals surface area (Å²) in [7, 11) is 0. The Bertz CT molecular complexity index is 1380.